The molecule has 0 bridgehead atoms. The molecule has 0 atom stereocenters. The van der Waals surface area contributed by atoms with Gasteiger partial charge in [-0.2, -0.15) is 0 Å². The lowest BCUT2D eigenvalue weighted by Crippen LogP contribution is -2.16. The van der Waals surface area contributed by atoms with E-state index in [-0.39, 0.29) is 5.91 Å². The molecule has 0 spiro atoms. The third-order valence-electron chi connectivity index (χ3n) is 2.63. The number of aromatic nitrogens is 2. The first-order chi connectivity index (χ1) is 8.58. The van der Waals surface area contributed by atoms with Crippen LogP contribution in [0.25, 0.3) is 0 Å². The van der Waals surface area contributed by atoms with E-state index in [1.165, 1.54) is 6.33 Å². The van der Waals surface area contributed by atoms with Crippen LogP contribution in [0.15, 0.2) is 30.6 Å². The number of rotatable bonds is 2. The van der Waals surface area contributed by atoms with Crippen molar-refractivity contribution >= 4 is 23.2 Å². The molecule has 1 aromatic carbocycles. The van der Waals surface area contributed by atoms with Crippen molar-refractivity contribution in [2.75, 3.05) is 5.32 Å². The van der Waals surface area contributed by atoms with Gasteiger partial charge in [0.15, 0.2) is 0 Å². The van der Waals surface area contributed by atoms with E-state index in [0.717, 1.165) is 11.3 Å². The molecular formula is C13H12ClN3O. The van der Waals surface area contributed by atoms with E-state index in [1.54, 1.807) is 24.3 Å². The number of amides is 1. The molecule has 0 unspecified atom stereocenters. The number of benzene rings is 1. The second kappa shape index (κ2) is 5.14. The molecule has 0 radical (unpaired) electrons. The Kier molecular flexibility index (Phi) is 3.58. The van der Waals surface area contributed by atoms with Crippen LogP contribution in [0.3, 0.4) is 0 Å². The molecule has 1 amide bonds. The Labute approximate surface area is 110 Å². The monoisotopic (exact) mass is 261 g/mol. The van der Waals surface area contributed by atoms with E-state index in [4.69, 9.17) is 11.6 Å². The SMILES string of the molecule is Cc1ncnc(C(=O)Nc2cccc(Cl)c2)c1C. The third-order valence-corrected chi connectivity index (χ3v) is 2.87. The fourth-order valence-corrected chi connectivity index (χ4v) is 1.71. The maximum Gasteiger partial charge on any atom is 0.274 e. The smallest absolute Gasteiger partial charge is 0.274 e. The van der Waals surface area contributed by atoms with Gasteiger partial charge in [0, 0.05) is 22.0 Å². The zero-order valence-corrected chi connectivity index (χ0v) is 10.8. The molecule has 4 nitrogen and oxygen atoms in total. The maximum absolute atomic E-state index is 12.1. The van der Waals surface area contributed by atoms with E-state index in [1.807, 2.05) is 13.8 Å². The van der Waals surface area contributed by atoms with Crippen LogP contribution >= 0.6 is 11.6 Å². The average molecular weight is 262 g/mol. The molecule has 1 N–H and O–H groups in total. The lowest BCUT2D eigenvalue weighted by Gasteiger charge is -2.08. The molecule has 2 rings (SSSR count). The summed E-state index contributed by atoms with van der Waals surface area (Å²) in [6, 6.07) is 6.98. The highest BCUT2D eigenvalue weighted by Crippen LogP contribution is 2.16. The molecule has 1 heterocycles. The molecule has 92 valence electrons. The summed E-state index contributed by atoms with van der Waals surface area (Å²) in [7, 11) is 0. The summed E-state index contributed by atoms with van der Waals surface area (Å²) in [6.07, 6.45) is 1.38. The highest BCUT2D eigenvalue weighted by molar-refractivity contribution is 6.30. The van der Waals surface area contributed by atoms with Crippen molar-refractivity contribution < 1.29 is 4.79 Å². The lowest BCUT2D eigenvalue weighted by molar-refractivity contribution is 0.102. The fourth-order valence-electron chi connectivity index (χ4n) is 1.52. The number of nitrogens with zero attached hydrogens (tertiary/aromatic N) is 2. The Morgan fingerprint density at radius 1 is 1.28 bits per heavy atom. The van der Waals surface area contributed by atoms with Crippen LogP contribution in [0.5, 0.6) is 0 Å². The fraction of sp³-hybridized carbons (Fsp3) is 0.154. The summed E-state index contributed by atoms with van der Waals surface area (Å²) >= 11 is 5.85. The molecule has 5 heteroatoms. The number of halogens is 1. The third kappa shape index (κ3) is 2.65. The van der Waals surface area contributed by atoms with Gasteiger partial charge in [-0.3, -0.25) is 4.79 Å². The summed E-state index contributed by atoms with van der Waals surface area (Å²) in [6.45, 7) is 3.66. The first kappa shape index (κ1) is 12.5. The summed E-state index contributed by atoms with van der Waals surface area (Å²) in [5.41, 5.74) is 2.59. The molecule has 0 aliphatic carbocycles. The first-order valence-corrected chi connectivity index (χ1v) is 5.81. The maximum atomic E-state index is 12.1. The van der Waals surface area contributed by atoms with E-state index in [9.17, 15) is 4.79 Å². The highest BCUT2D eigenvalue weighted by atomic mass is 35.5. The summed E-state index contributed by atoms with van der Waals surface area (Å²) in [5, 5.41) is 3.33. The minimum absolute atomic E-state index is 0.264. The summed E-state index contributed by atoms with van der Waals surface area (Å²) in [5.74, 6) is -0.264. The van der Waals surface area contributed by atoms with Crippen molar-refractivity contribution in [3.8, 4) is 0 Å². The minimum Gasteiger partial charge on any atom is -0.321 e. The number of aryl methyl sites for hydroxylation is 1. The number of anilines is 1. The van der Waals surface area contributed by atoms with Crippen LogP contribution in [-0.2, 0) is 0 Å². The second-order valence-corrected chi connectivity index (χ2v) is 4.33. The Morgan fingerprint density at radius 3 is 2.78 bits per heavy atom. The molecule has 0 saturated carbocycles. The summed E-state index contributed by atoms with van der Waals surface area (Å²) < 4.78 is 0. The number of carbonyl (C=O) groups is 1. The number of hydrogen-bond acceptors (Lipinski definition) is 3. The predicted octanol–water partition coefficient (Wildman–Crippen LogP) is 3.00. The molecule has 18 heavy (non-hydrogen) atoms. The topological polar surface area (TPSA) is 54.9 Å². The van der Waals surface area contributed by atoms with E-state index < -0.39 is 0 Å². The molecule has 0 aliphatic heterocycles. The van der Waals surface area contributed by atoms with Crippen molar-refractivity contribution in [3.63, 3.8) is 0 Å². The Balaban J connectivity index is 2.25. The van der Waals surface area contributed by atoms with Crippen LogP contribution in [0.4, 0.5) is 5.69 Å². The molecule has 0 aliphatic rings. The van der Waals surface area contributed by atoms with Gasteiger partial charge in [0.25, 0.3) is 5.91 Å². The van der Waals surface area contributed by atoms with Gasteiger partial charge >= 0.3 is 0 Å². The minimum atomic E-state index is -0.264. The molecule has 0 saturated heterocycles. The normalized spacial score (nSPS) is 10.2. The van der Waals surface area contributed by atoms with Crippen LogP contribution in [0.1, 0.15) is 21.7 Å². The average Bonchev–Trinajstić information content (AvgIpc) is 2.32. The van der Waals surface area contributed by atoms with Crippen LogP contribution in [0.2, 0.25) is 5.02 Å². The van der Waals surface area contributed by atoms with Gasteiger partial charge in [-0.25, -0.2) is 9.97 Å². The largest absolute Gasteiger partial charge is 0.321 e. The molecular weight excluding hydrogens is 250 g/mol. The standard InChI is InChI=1S/C13H12ClN3O/c1-8-9(2)15-7-16-12(8)13(18)17-11-5-3-4-10(14)6-11/h3-7H,1-2H3,(H,17,18). The van der Waals surface area contributed by atoms with Crippen molar-refractivity contribution in [2.24, 2.45) is 0 Å². The quantitative estimate of drug-likeness (QED) is 0.904. The van der Waals surface area contributed by atoms with E-state index >= 15 is 0 Å². The van der Waals surface area contributed by atoms with Gasteiger partial charge < -0.3 is 5.32 Å². The van der Waals surface area contributed by atoms with Gasteiger partial charge in [-0.1, -0.05) is 17.7 Å². The zero-order chi connectivity index (χ0) is 13.1. The van der Waals surface area contributed by atoms with Gasteiger partial charge in [-0.15, -0.1) is 0 Å². The van der Waals surface area contributed by atoms with E-state index in [2.05, 4.69) is 15.3 Å². The number of nitrogens with one attached hydrogen (secondary N) is 1. The zero-order valence-electron chi connectivity index (χ0n) is 10.1. The van der Waals surface area contributed by atoms with Crippen LogP contribution in [-0.4, -0.2) is 15.9 Å². The van der Waals surface area contributed by atoms with Gasteiger partial charge in [-0.05, 0) is 32.0 Å². The molecule has 1 aromatic heterocycles. The van der Waals surface area contributed by atoms with Crippen molar-refractivity contribution in [2.45, 2.75) is 13.8 Å². The highest BCUT2D eigenvalue weighted by Gasteiger charge is 2.12. The van der Waals surface area contributed by atoms with Crippen LogP contribution < -0.4 is 5.32 Å². The first-order valence-electron chi connectivity index (χ1n) is 5.43. The predicted molar refractivity (Wildman–Crippen MR) is 70.9 cm³/mol. The molecule has 2 aromatic rings. The van der Waals surface area contributed by atoms with Gasteiger partial charge in [0.1, 0.15) is 12.0 Å². The van der Waals surface area contributed by atoms with Crippen molar-refractivity contribution in [1.29, 1.82) is 0 Å². The number of carbonyl (C=O) groups excluding carboxylic acids is 1. The Bertz CT molecular complexity index is 599. The van der Waals surface area contributed by atoms with Crippen LogP contribution in [0, 0.1) is 13.8 Å². The van der Waals surface area contributed by atoms with E-state index in [0.29, 0.717) is 16.4 Å². The Morgan fingerprint density at radius 2 is 2.06 bits per heavy atom. The molecule has 0 fully saturated rings. The summed E-state index contributed by atoms with van der Waals surface area (Å²) in [4.78, 5) is 20.1. The second-order valence-electron chi connectivity index (χ2n) is 3.90. The van der Waals surface area contributed by atoms with Gasteiger partial charge in [0.2, 0.25) is 0 Å². The Hall–Kier alpha value is -1.94. The lowest BCUT2D eigenvalue weighted by atomic mass is 10.2. The van der Waals surface area contributed by atoms with Gasteiger partial charge in [0.05, 0.1) is 0 Å². The van der Waals surface area contributed by atoms with Crippen molar-refractivity contribution in [3.05, 3.63) is 52.6 Å². The van der Waals surface area contributed by atoms with Crippen molar-refractivity contribution in [1.82, 2.24) is 9.97 Å². The number of hydrogen-bond donors (Lipinski definition) is 1.